The van der Waals surface area contributed by atoms with Crippen LogP contribution >= 0.6 is 0 Å². The predicted molar refractivity (Wildman–Crippen MR) is 121 cm³/mol. The van der Waals surface area contributed by atoms with Crippen LogP contribution in [0.2, 0.25) is 0 Å². The van der Waals surface area contributed by atoms with Crippen LogP contribution in [0, 0.1) is 23.5 Å². The minimum atomic E-state index is -0.737. The van der Waals surface area contributed by atoms with Crippen molar-refractivity contribution in [2.24, 2.45) is 11.8 Å². The number of halogens is 2. The highest BCUT2D eigenvalue weighted by Gasteiger charge is 2.21. The monoisotopic (exact) mass is 414 g/mol. The Balaban J connectivity index is 1.59. The van der Waals surface area contributed by atoms with Gasteiger partial charge in [0.05, 0.1) is 6.61 Å². The van der Waals surface area contributed by atoms with E-state index in [1.165, 1.54) is 32.1 Å². The van der Waals surface area contributed by atoms with Gasteiger partial charge in [-0.15, -0.1) is 0 Å². The summed E-state index contributed by atoms with van der Waals surface area (Å²) in [6.45, 7) is 5.11. The highest BCUT2D eigenvalue weighted by Crippen LogP contribution is 2.34. The molecule has 0 unspecified atom stereocenters. The van der Waals surface area contributed by atoms with Crippen molar-refractivity contribution in [1.29, 1.82) is 0 Å². The van der Waals surface area contributed by atoms with E-state index >= 15 is 0 Å². The molecule has 30 heavy (non-hydrogen) atoms. The van der Waals surface area contributed by atoms with E-state index in [1.807, 2.05) is 12.1 Å². The van der Waals surface area contributed by atoms with E-state index in [-0.39, 0.29) is 0 Å². The maximum atomic E-state index is 14.8. The fourth-order valence-electron chi connectivity index (χ4n) is 4.57. The molecular weight excluding hydrogens is 378 g/mol. The van der Waals surface area contributed by atoms with E-state index in [1.54, 1.807) is 24.3 Å². The predicted octanol–water partition coefficient (Wildman–Crippen LogP) is 8.35. The maximum absolute atomic E-state index is 14.8. The quantitative estimate of drug-likeness (QED) is 0.355. The van der Waals surface area contributed by atoms with Crippen LogP contribution in [-0.2, 0) is 6.42 Å². The fourth-order valence-corrected chi connectivity index (χ4v) is 4.57. The number of unbranched alkanes of at least 4 members (excludes halogenated alkanes) is 2. The zero-order valence-corrected chi connectivity index (χ0v) is 18.6. The van der Waals surface area contributed by atoms with Gasteiger partial charge in [-0.05, 0) is 54.4 Å². The molecule has 1 nitrogen and oxygen atoms in total. The molecule has 1 saturated carbocycles. The minimum absolute atomic E-state index is 0.317. The molecular formula is C27H36F2O. The molecule has 3 heteroatoms. The van der Waals surface area contributed by atoms with Gasteiger partial charge in [0.25, 0.3) is 0 Å². The van der Waals surface area contributed by atoms with E-state index < -0.39 is 11.6 Å². The van der Waals surface area contributed by atoms with E-state index in [0.717, 1.165) is 37.4 Å². The average Bonchev–Trinajstić information content (AvgIpc) is 2.79. The Labute approximate surface area is 180 Å². The van der Waals surface area contributed by atoms with Crippen LogP contribution in [-0.4, -0.2) is 6.61 Å². The van der Waals surface area contributed by atoms with Crippen molar-refractivity contribution in [2.45, 2.75) is 78.1 Å². The zero-order chi connectivity index (χ0) is 21.3. The van der Waals surface area contributed by atoms with Crippen LogP contribution in [0.5, 0.6) is 5.75 Å². The average molecular weight is 415 g/mol. The molecule has 2 aromatic carbocycles. The molecule has 0 heterocycles. The van der Waals surface area contributed by atoms with Crippen LogP contribution in [0.15, 0.2) is 36.4 Å². The molecule has 1 fully saturated rings. The summed E-state index contributed by atoms with van der Waals surface area (Å²) in [5, 5.41) is 0. The third kappa shape index (κ3) is 6.06. The second-order valence-electron chi connectivity index (χ2n) is 8.81. The number of ether oxygens (including phenoxy) is 1. The topological polar surface area (TPSA) is 9.23 Å². The normalized spacial score (nSPS) is 19.1. The van der Waals surface area contributed by atoms with Crippen LogP contribution in [0.25, 0.3) is 11.1 Å². The summed E-state index contributed by atoms with van der Waals surface area (Å²) in [4.78, 5) is 0. The van der Waals surface area contributed by atoms with Crippen molar-refractivity contribution in [2.75, 3.05) is 6.61 Å². The van der Waals surface area contributed by atoms with Crippen molar-refractivity contribution in [1.82, 2.24) is 0 Å². The summed E-state index contributed by atoms with van der Waals surface area (Å²) >= 11 is 0. The molecule has 1 aliphatic rings. The van der Waals surface area contributed by atoms with Gasteiger partial charge in [0.2, 0.25) is 0 Å². The summed E-state index contributed by atoms with van der Waals surface area (Å²) in [5.41, 5.74) is 1.50. The molecule has 0 bridgehead atoms. The molecule has 2 aromatic rings. The standard InChI is InChI=1S/C27H36F2O/c1-3-5-6-19-30-24-16-13-22(14-17-24)25-18-15-23(26(28)27(25)29)12-11-21-9-7-20(4-2)8-10-21/h13-18,20-21H,3-12,19H2,1-2H3/t20-,21-. The smallest absolute Gasteiger partial charge is 0.166 e. The molecule has 0 radical (unpaired) electrons. The van der Waals surface area contributed by atoms with Crippen LogP contribution in [0.4, 0.5) is 8.78 Å². The van der Waals surface area contributed by atoms with Gasteiger partial charge in [-0.3, -0.25) is 0 Å². The maximum Gasteiger partial charge on any atom is 0.166 e. The Hall–Kier alpha value is -1.90. The van der Waals surface area contributed by atoms with Crippen LogP contribution < -0.4 is 4.74 Å². The lowest BCUT2D eigenvalue weighted by atomic mass is 9.78. The Morgan fingerprint density at radius 1 is 0.833 bits per heavy atom. The number of hydrogen-bond donors (Lipinski definition) is 0. The highest BCUT2D eigenvalue weighted by atomic mass is 19.2. The summed E-state index contributed by atoms with van der Waals surface area (Å²) in [5.74, 6) is 0.862. The van der Waals surface area contributed by atoms with Crippen LogP contribution in [0.3, 0.4) is 0 Å². The SMILES string of the molecule is CCCCCOc1ccc(-c2ccc(CC[C@H]3CC[C@H](CC)CC3)c(F)c2F)cc1. The first-order valence-corrected chi connectivity index (χ1v) is 11.8. The molecule has 0 spiro atoms. The van der Waals surface area contributed by atoms with E-state index in [9.17, 15) is 8.78 Å². The summed E-state index contributed by atoms with van der Waals surface area (Å²) in [6, 6.07) is 10.8. The Kier molecular flexibility index (Phi) is 8.72. The molecule has 0 saturated heterocycles. The molecule has 3 rings (SSSR count). The first kappa shape index (κ1) is 22.8. The number of hydrogen-bond acceptors (Lipinski definition) is 1. The highest BCUT2D eigenvalue weighted by molar-refractivity contribution is 5.65. The third-order valence-electron chi connectivity index (χ3n) is 6.71. The van der Waals surface area contributed by atoms with Crippen molar-refractivity contribution >= 4 is 0 Å². The molecule has 0 aliphatic heterocycles. The van der Waals surface area contributed by atoms with Gasteiger partial charge < -0.3 is 4.74 Å². The number of aryl methyl sites for hydroxylation is 1. The first-order chi connectivity index (χ1) is 14.6. The fraction of sp³-hybridized carbons (Fsp3) is 0.556. The van der Waals surface area contributed by atoms with Gasteiger partial charge in [-0.25, -0.2) is 8.78 Å². The lowest BCUT2D eigenvalue weighted by Crippen LogP contribution is -2.14. The number of benzene rings is 2. The van der Waals surface area contributed by atoms with E-state index in [4.69, 9.17) is 4.74 Å². The minimum Gasteiger partial charge on any atom is -0.494 e. The zero-order valence-electron chi connectivity index (χ0n) is 18.6. The lowest BCUT2D eigenvalue weighted by molar-refractivity contribution is 0.258. The van der Waals surface area contributed by atoms with Gasteiger partial charge >= 0.3 is 0 Å². The summed E-state index contributed by atoms with van der Waals surface area (Å²) < 4.78 is 35.2. The van der Waals surface area contributed by atoms with E-state index in [2.05, 4.69) is 13.8 Å². The lowest BCUT2D eigenvalue weighted by Gasteiger charge is -2.27. The van der Waals surface area contributed by atoms with Gasteiger partial charge in [-0.1, -0.05) is 83.1 Å². The Bertz CT molecular complexity index is 776. The van der Waals surface area contributed by atoms with E-state index in [0.29, 0.717) is 35.6 Å². The van der Waals surface area contributed by atoms with Gasteiger partial charge in [-0.2, -0.15) is 0 Å². The molecule has 0 amide bonds. The van der Waals surface area contributed by atoms with Gasteiger partial charge in [0.15, 0.2) is 11.6 Å². The number of rotatable bonds is 10. The van der Waals surface area contributed by atoms with Crippen molar-refractivity contribution in [3.8, 4) is 16.9 Å². The summed E-state index contributed by atoms with van der Waals surface area (Å²) in [6.07, 6.45) is 11.2. The second kappa shape index (κ2) is 11.5. The second-order valence-corrected chi connectivity index (χ2v) is 8.81. The van der Waals surface area contributed by atoms with Crippen molar-refractivity contribution in [3.63, 3.8) is 0 Å². The molecule has 0 aromatic heterocycles. The molecule has 164 valence electrons. The molecule has 0 atom stereocenters. The van der Waals surface area contributed by atoms with Gasteiger partial charge in [0, 0.05) is 5.56 Å². The third-order valence-corrected chi connectivity index (χ3v) is 6.71. The summed E-state index contributed by atoms with van der Waals surface area (Å²) in [7, 11) is 0. The molecule has 1 aliphatic carbocycles. The Morgan fingerprint density at radius 3 is 2.20 bits per heavy atom. The first-order valence-electron chi connectivity index (χ1n) is 11.8. The Morgan fingerprint density at radius 2 is 1.53 bits per heavy atom. The molecule has 0 N–H and O–H groups in total. The largest absolute Gasteiger partial charge is 0.494 e. The van der Waals surface area contributed by atoms with Crippen molar-refractivity contribution < 1.29 is 13.5 Å². The van der Waals surface area contributed by atoms with Crippen LogP contribution in [0.1, 0.15) is 77.2 Å². The van der Waals surface area contributed by atoms with Crippen molar-refractivity contribution in [3.05, 3.63) is 53.6 Å². The van der Waals surface area contributed by atoms with Gasteiger partial charge in [0.1, 0.15) is 5.75 Å².